The molecule has 1 aliphatic rings. The minimum absolute atomic E-state index is 0.807. The second-order valence-electron chi connectivity index (χ2n) is 4.08. The van der Waals surface area contributed by atoms with Crippen LogP contribution in [0.15, 0.2) is 59.5 Å². The van der Waals surface area contributed by atoms with Crippen molar-refractivity contribution in [2.75, 3.05) is 19.6 Å². The van der Waals surface area contributed by atoms with E-state index in [1.807, 2.05) is 18.2 Å². The van der Waals surface area contributed by atoms with Gasteiger partial charge < -0.3 is 0 Å². The molecule has 1 rings (SSSR count). The molecule has 0 aliphatic heterocycles. The number of hydrogen-bond acceptors (Lipinski definition) is 3. The summed E-state index contributed by atoms with van der Waals surface area (Å²) in [5.74, 6) is 0. The first-order chi connectivity index (χ1) is 8.79. The van der Waals surface area contributed by atoms with Crippen molar-refractivity contribution >= 4 is 0 Å². The fourth-order valence-corrected chi connectivity index (χ4v) is 9.74. The van der Waals surface area contributed by atoms with Crippen molar-refractivity contribution in [2.45, 2.75) is 6.42 Å². The Morgan fingerprint density at radius 2 is 1.50 bits per heavy atom. The topological polar surface area (TPSA) is 36.1 Å². The van der Waals surface area contributed by atoms with E-state index >= 15 is 0 Å². The van der Waals surface area contributed by atoms with Crippen LogP contribution >= 0.6 is 0 Å². The molecule has 1 aliphatic carbocycles. The summed E-state index contributed by atoms with van der Waals surface area (Å²) in [4.78, 5) is 0. The molecule has 98 valence electrons. The van der Waals surface area contributed by atoms with E-state index in [0.29, 0.717) is 0 Å². The average molecular weight is 325 g/mol. The van der Waals surface area contributed by atoms with Crippen LogP contribution in [0.5, 0.6) is 0 Å². The van der Waals surface area contributed by atoms with Gasteiger partial charge in [0.1, 0.15) is 0 Å². The van der Waals surface area contributed by atoms with Gasteiger partial charge in [-0.05, 0) is 0 Å². The summed E-state index contributed by atoms with van der Waals surface area (Å²) in [6.07, 6.45) is 13.3. The van der Waals surface area contributed by atoms with Crippen LogP contribution < -0.4 is 9.78 Å². The molecule has 0 heterocycles. The fraction of sp³-hybridized carbons (Fsp3) is 0.286. The number of rotatable bonds is 10. The van der Waals surface area contributed by atoms with Gasteiger partial charge in [-0.1, -0.05) is 0 Å². The Bertz CT molecular complexity index is 327. The predicted molar refractivity (Wildman–Crippen MR) is 76.4 cm³/mol. The molecule has 0 fully saturated rings. The van der Waals surface area contributed by atoms with E-state index < -0.39 is 21.1 Å². The van der Waals surface area contributed by atoms with Crippen LogP contribution in [0.25, 0.3) is 0 Å². The SMILES string of the molecule is C=CC[NH][Zr]([NH]CC=C)([NH]CC=C)[C]1=CC=CC1. The molecule has 0 unspecified atom stereocenters. The molecule has 0 radical (unpaired) electrons. The Hall–Kier alpha value is -0.537. The monoisotopic (exact) mass is 323 g/mol. The van der Waals surface area contributed by atoms with Gasteiger partial charge in [-0.25, -0.2) is 0 Å². The van der Waals surface area contributed by atoms with Crippen molar-refractivity contribution in [3.05, 3.63) is 59.5 Å². The van der Waals surface area contributed by atoms with Gasteiger partial charge in [0, 0.05) is 0 Å². The Morgan fingerprint density at radius 1 is 1.00 bits per heavy atom. The summed E-state index contributed by atoms with van der Waals surface area (Å²) in [7, 11) is 0. The van der Waals surface area contributed by atoms with Gasteiger partial charge >= 0.3 is 116 Å². The molecule has 0 atom stereocenters. The van der Waals surface area contributed by atoms with Gasteiger partial charge in [-0.3, -0.25) is 0 Å². The summed E-state index contributed by atoms with van der Waals surface area (Å²) in [5, 5.41) is 0. The minimum atomic E-state index is -2.94. The molecule has 0 saturated heterocycles. The van der Waals surface area contributed by atoms with Gasteiger partial charge in [-0.2, -0.15) is 0 Å². The Morgan fingerprint density at radius 3 is 1.83 bits per heavy atom. The summed E-state index contributed by atoms with van der Waals surface area (Å²) >= 11 is -2.94. The van der Waals surface area contributed by atoms with Gasteiger partial charge in [0.15, 0.2) is 0 Å². The van der Waals surface area contributed by atoms with E-state index in [1.54, 1.807) is 0 Å². The number of hydrogen-bond donors (Lipinski definition) is 3. The van der Waals surface area contributed by atoms with E-state index in [0.717, 1.165) is 26.1 Å². The first kappa shape index (κ1) is 15.5. The van der Waals surface area contributed by atoms with Crippen LogP contribution in [0, 0.1) is 0 Å². The third-order valence-corrected chi connectivity index (χ3v) is 11.5. The van der Waals surface area contributed by atoms with E-state index in [9.17, 15) is 0 Å². The Balaban J connectivity index is 2.86. The maximum absolute atomic E-state index is 3.79. The van der Waals surface area contributed by atoms with Crippen molar-refractivity contribution in [2.24, 2.45) is 0 Å². The summed E-state index contributed by atoms with van der Waals surface area (Å²) < 4.78 is 12.4. The van der Waals surface area contributed by atoms with E-state index in [2.05, 4.69) is 47.7 Å². The van der Waals surface area contributed by atoms with Crippen LogP contribution in [-0.4, -0.2) is 19.6 Å². The van der Waals surface area contributed by atoms with Crippen LogP contribution in [0.3, 0.4) is 0 Å². The predicted octanol–water partition coefficient (Wildman–Crippen LogP) is 2.06. The van der Waals surface area contributed by atoms with Crippen LogP contribution in [0.1, 0.15) is 6.42 Å². The van der Waals surface area contributed by atoms with Crippen LogP contribution in [0.2, 0.25) is 0 Å². The summed E-state index contributed by atoms with van der Waals surface area (Å²) in [5.41, 5.74) is 0. The molecule has 0 aromatic heterocycles. The van der Waals surface area contributed by atoms with Crippen LogP contribution in [0.4, 0.5) is 0 Å². The van der Waals surface area contributed by atoms with Crippen molar-refractivity contribution in [1.82, 2.24) is 9.78 Å². The molecular formula is C14H23N3Zr. The third-order valence-electron chi connectivity index (χ3n) is 2.79. The third kappa shape index (κ3) is 4.29. The summed E-state index contributed by atoms with van der Waals surface area (Å²) in [6, 6.07) is 0. The van der Waals surface area contributed by atoms with Crippen LogP contribution in [-0.2, 0) is 21.1 Å². The van der Waals surface area contributed by atoms with Gasteiger partial charge in [-0.15, -0.1) is 0 Å². The fourth-order valence-electron chi connectivity index (χ4n) is 1.93. The molecule has 3 N–H and O–H groups in total. The van der Waals surface area contributed by atoms with Crippen molar-refractivity contribution in [3.8, 4) is 0 Å². The van der Waals surface area contributed by atoms with Crippen molar-refractivity contribution < 1.29 is 21.1 Å². The molecule has 0 aromatic carbocycles. The second-order valence-corrected chi connectivity index (χ2v) is 12.0. The zero-order valence-electron chi connectivity index (χ0n) is 10.9. The maximum atomic E-state index is 3.79. The Labute approximate surface area is 116 Å². The normalized spacial score (nSPS) is 14.3. The zero-order chi connectivity index (χ0) is 13.3. The second kappa shape index (κ2) is 8.55. The number of allylic oxidation sites excluding steroid dienone is 4. The number of nitrogens with one attached hydrogen (secondary N) is 3. The molecule has 0 amide bonds. The quantitative estimate of drug-likeness (QED) is 0.538. The van der Waals surface area contributed by atoms with Gasteiger partial charge in [0.25, 0.3) is 0 Å². The Kier molecular flexibility index (Phi) is 7.37. The average Bonchev–Trinajstić information content (AvgIpc) is 2.93. The van der Waals surface area contributed by atoms with Crippen molar-refractivity contribution in [1.29, 1.82) is 0 Å². The first-order valence-corrected chi connectivity index (χ1v) is 11.1. The molecule has 18 heavy (non-hydrogen) atoms. The molecule has 0 spiro atoms. The molecule has 3 nitrogen and oxygen atoms in total. The molecule has 0 bridgehead atoms. The standard InChI is InChI=1S/C5H5.3C3H6N.Zr/c1-2-4-5-3-1;3*1-2-3-4;/h1-3H,4H2;3*2,4H,1,3H2;/q;3*-1;+3. The summed E-state index contributed by atoms with van der Waals surface area (Å²) in [6.45, 7) is 13.8. The van der Waals surface area contributed by atoms with Gasteiger partial charge in [0.05, 0.1) is 0 Å². The molecule has 0 aromatic rings. The molecule has 0 saturated carbocycles. The van der Waals surface area contributed by atoms with E-state index in [1.165, 1.54) is 3.28 Å². The first-order valence-electron chi connectivity index (χ1n) is 6.23. The molecule has 4 heteroatoms. The van der Waals surface area contributed by atoms with E-state index in [4.69, 9.17) is 0 Å². The van der Waals surface area contributed by atoms with Crippen molar-refractivity contribution in [3.63, 3.8) is 0 Å². The van der Waals surface area contributed by atoms with Gasteiger partial charge in [0.2, 0.25) is 0 Å². The zero-order valence-corrected chi connectivity index (χ0v) is 13.4. The molecular weight excluding hydrogens is 301 g/mol. The van der Waals surface area contributed by atoms with E-state index in [-0.39, 0.29) is 0 Å².